The van der Waals surface area contributed by atoms with Gasteiger partial charge in [0.15, 0.2) is 0 Å². The predicted molar refractivity (Wildman–Crippen MR) is 80.1 cm³/mol. The first-order valence-electron chi connectivity index (χ1n) is 6.92. The Bertz CT molecular complexity index is 664. The van der Waals surface area contributed by atoms with Crippen LogP contribution in [0.2, 0.25) is 0 Å². The molecule has 5 heteroatoms. The van der Waals surface area contributed by atoms with Gasteiger partial charge in [-0.3, -0.25) is 9.78 Å². The lowest BCUT2D eigenvalue weighted by molar-refractivity contribution is -0.140. The number of carboxylic acids is 1. The number of benzene rings is 1. The Morgan fingerprint density at radius 2 is 2.00 bits per heavy atom. The van der Waals surface area contributed by atoms with Gasteiger partial charge in [-0.05, 0) is 18.1 Å². The van der Waals surface area contributed by atoms with Crippen molar-refractivity contribution in [2.24, 2.45) is 5.92 Å². The van der Waals surface area contributed by atoms with Crippen molar-refractivity contribution < 1.29 is 14.7 Å². The lowest BCUT2D eigenvalue weighted by atomic mass is 9.98. The first-order valence-corrected chi connectivity index (χ1v) is 6.92. The number of aliphatic carboxylic acids is 1. The van der Waals surface area contributed by atoms with Crippen molar-refractivity contribution in [3.05, 3.63) is 42.1 Å². The molecule has 1 heterocycles. The summed E-state index contributed by atoms with van der Waals surface area (Å²) in [6, 6.07) is 7.99. The molecule has 0 saturated carbocycles. The Morgan fingerprint density at radius 1 is 1.29 bits per heavy atom. The van der Waals surface area contributed by atoms with Crippen molar-refractivity contribution in [3.63, 3.8) is 0 Å². The number of aromatic nitrogens is 1. The van der Waals surface area contributed by atoms with Crippen LogP contribution >= 0.6 is 0 Å². The van der Waals surface area contributed by atoms with Gasteiger partial charge in [-0.25, -0.2) is 4.79 Å². The average Bonchev–Trinajstić information content (AvgIpc) is 2.50. The molecular weight excluding hydrogens is 268 g/mol. The number of rotatable bonds is 5. The molecule has 1 aromatic heterocycles. The van der Waals surface area contributed by atoms with Crippen LogP contribution in [0.1, 0.15) is 30.6 Å². The first kappa shape index (κ1) is 15.0. The Kier molecular flexibility index (Phi) is 4.52. The zero-order valence-corrected chi connectivity index (χ0v) is 12.0. The third-order valence-corrected chi connectivity index (χ3v) is 3.66. The van der Waals surface area contributed by atoms with Crippen LogP contribution in [0, 0.1) is 5.92 Å². The molecule has 0 fully saturated rings. The van der Waals surface area contributed by atoms with Gasteiger partial charge in [0, 0.05) is 11.6 Å². The molecule has 0 aliphatic heterocycles. The van der Waals surface area contributed by atoms with Crippen molar-refractivity contribution >= 4 is 22.8 Å². The molecule has 0 spiro atoms. The van der Waals surface area contributed by atoms with Crippen LogP contribution in [0.25, 0.3) is 10.9 Å². The Hall–Kier alpha value is -2.43. The SMILES string of the molecule is CCC(C)C(NC(=O)c1ccnc2ccccc12)C(=O)O. The minimum Gasteiger partial charge on any atom is -0.480 e. The van der Waals surface area contributed by atoms with Crippen molar-refractivity contribution in [3.8, 4) is 0 Å². The van der Waals surface area contributed by atoms with Crippen LogP contribution in [0.5, 0.6) is 0 Å². The van der Waals surface area contributed by atoms with Crippen LogP contribution in [0.4, 0.5) is 0 Å². The topological polar surface area (TPSA) is 79.3 Å². The fourth-order valence-corrected chi connectivity index (χ4v) is 2.20. The molecule has 0 radical (unpaired) electrons. The van der Waals surface area contributed by atoms with Gasteiger partial charge in [-0.1, -0.05) is 38.5 Å². The second-order valence-corrected chi connectivity index (χ2v) is 5.05. The largest absolute Gasteiger partial charge is 0.480 e. The van der Waals surface area contributed by atoms with Crippen LogP contribution in [-0.2, 0) is 4.79 Å². The summed E-state index contributed by atoms with van der Waals surface area (Å²) in [6.07, 6.45) is 2.23. The Morgan fingerprint density at radius 3 is 2.67 bits per heavy atom. The lowest BCUT2D eigenvalue weighted by Gasteiger charge is -2.20. The first-order chi connectivity index (χ1) is 10.0. The van der Waals surface area contributed by atoms with Gasteiger partial charge in [-0.15, -0.1) is 0 Å². The summed E-state index contributed by atoms with van der Waals surface area (Å²) in [5, 5.41) is 12.6. The zero-order valence-electron chi connectivity index (χ0n) is 12.0. The summed E-state index contributed by atoms with van der Waals surface area (Å²) >= 11 is 0. The molecular formula is C16H18N2O3. The number of fused-ring (bicyclic) bond motifs is 1. The van der Waals surface area contributed by atoms with E-state index in [1.54, 1.807) is 18.3 Å². The molecule has 2 unspecified atom stereocenters. The van der Waals surface area contributed by atoms with Gasteiger partial charge in [-0.2, -0.15) is 0 Å². The molecule has 2 atom stereocenters. The molecule has 2 aromatic rings. The van der Waals surface area contributed by atoms with Crippen LogP contribution in [0.15, 0.2) is 36.5 Å². The van der Waals surface area contributed by atoms with Crippen LogP contribution < -0.4 is 5.32 Å². The Balaban J connectivity index is 2.32. The molecule has 5 nitrogen and oxygen atoms in total. The smallest absolute Gasteiger partial charge is 0.326 e. The summed E-state index contributed by atoms with van der Waals surface area (Å²) in [5.41, 5.74) is 1.15. The van der Waals surface area contributed by atoms with E-state index in [1.165, 1.54) is 0 Å². The number of para-hydroxylation sites is 1. The number of pyridine rings is 1. The van der Waals surface area contributed by atoms with Crippen molar-refractivity contribution in [1.29, 1.82) is 0 Å². The van der Waals surface area contributed by atoms with E-state index < -0.39 is 12.0 Å². The van der Waals surface area contributed by atoms with E-state index in [2.05, 4.69) is 10.3 Å². The van der Waals surface area contributed by atoms with Crippen molar-refractivity contribution in [2.45, 2.75) is 26.3 Å². The van der Waals surface area contributed by atoms with E-state index in [0.29, 0.717) is 22.9 Å². The minimum atomic E-state index is -1.02. The fraction of sp³-hybridized carbons (Fsp3) is 0.312. The second-order valence-electron chi connectivity index (χ2n) is 5.05. The van der Waals surface area contributed by atoms with Crippen molar-refractivity contribution in [1.82, 2.24) is 10.3 Å². The Labute approximate surface area is 123 Å². The lowest BCUT2D eigenvalue weighted by Crippen LogP contribution is -2.45. The molecule has 21 heavy (non-hydrogen) atoms. The molecule has 1 aromatic carbocycles. The van der Waals surface area contributed by atoms with Crippen LogP contribution in [-0.4, -0.2) is 28.0 Å². The summed E-state index contributed by atoms with van der Waals surface area (Å²) in [4.78, 5) is 27.9. The van der Waals surface area contributed by atoms with E-state index in [9.17, 15) is 14.7 Å². The number of hydrogen-bond donors (Lipinski definition) is 2. The van der Waals surface area contributed by atoms with Crippen LogP contribution in [0.3, 0.4) is 0 Å². The molecule has 0 saturated heterocycles. The maximum atomic E-state index is 12.4. The number of hydrogen-bond acceptors (Lipinski definition) is 3. The highest BCUT2D eigenvalue weighted by atomic mass is 16.4. The van der Waals surface area contributed by atoms with E-state index >= 15 is 0 Å². The standard InChI is InChI=1S/C16H18N2O3/c1-3-10(2)14(16(20)21)18-15(19)12-8-9-17-13-7-5-4-6-11(12)13/h4-10,14H,3H2,1-2H3,(H,18,19)(H,20,21). The predicted octanol–water partition coefficient (Wildman–Crippen LogP) is 2.46. The molecule has 1 amide bonds. The third-order valence-electron chi connectivity index (χ3n) is 3.66. The monoisotopic (exact) mass is 286 g/mol. The summed E-state index contributed by atoms with van der Waals surface area (Å²) in [6.45, 7) is 3.71. The molecule has 2 N–H and O–H groups in total. The molecule has 0 aliphatic rings. The van der Waals surface area contributed by atoms with Gasteiger partial charge >= 0.3 is 5.97 Å². The van der Waals surface area contributed by atoms with E-state index in [4.69, 9.17) is 0 Å². The summed E-state index contributed by atoms with van der Waals surface area (Å²) < 4.78 is 0. The normalized spacial score (nSPS) is 13.6. The summed E-state index contributed by atoms with van der Waals surface area (Å²) in [5.74, 6) is -1.54. The highest BCUT2D eigenvalue weighted by Crippen LogP contribution is 2.17. The number of carbonyl (C=O) groups is 2. The minimum absolute atomic E-state index is 0.139. The fourth-order valence-electron chi connectivity index (χ4n) is 2.20. The zero-order chi connectivity index (χ0) is 15.4. The number of amides is 1. The van der Waals surface area contributed by atoms with Gasteiger partial charge < -0.3 is 10.4 Å². The molecule has 2 rings (SSSR count). The number of nitrogens with zero attached hydrogens (tertiary/aromatic N) is 1. The molecule has 110 valence electrons. The van der Waals surface area contributed by atoms with E-state index in [1.807, 2.05) is 32.0 Å². The molecule has 0 aliphatic carbocycles. The van der Waals surface area contributed by atoms with Gasteiger partial charge in [0.1, 0.15) is 6.04 Å². The number of nitrogens with one attached hydrogen (secondary N) is 1. The number of carbonyl (C=O) groups excluding carboxylic acids is 1. The molecule has 0 bridgehead atoms. The number of carboxylic acid groups (broad SMARTS) is 1. The maximum absolute atomic E-state index is 12.4. The summed E-state index contributed by atoms with van der Waals surface area (Å²) in [7, 11) is 0. The third kappa shape index (κ3) is 3.18. The van der Waals surface area contributed by atoms with Gasteiger partial charge in [0.25, 0.3) is 5.91 Å². The van der Waals surface area contributed by atoms with Gasteiger partial charge in [0.05, 0.1) is 11.1 Å². The quantitative estimate of drug-likeness (QED) is 0.885. The van der Waals surface area contributed by atoms with Crippen molar-refractivity contribution in [2.75, 3.05) is 0 Å². The van der Waals surface area contributed by atoms with E-state index in [0.717, 1.165) is 0 Å². The second kappa shape index (κ2) is 6.35. The highest BCUT2D eigenvalue weighted by Gasteiger charge is 2.26. The highest BCUT2D eigenvalue weighted by molar-refractivity contribution is 6.06. The van der Waals surface area contributed by atoms with E-state index in [-0.39, 0.29) is 11.8 Å². The van der Waals surface area contributed by atoms with Gasteiger partial charge in [0.2, 0.25) is 0 Å². The maximum Gasteiger partial charge on any atom is 0.326 e. The average molecular weight is 286 g/mol.